The molecule has 0 unspecified atom stereocenters. The summed E-state index contributed by atoms with van der Waals surface area (Å²) in [4.78, 5) is 9.30. The minimum absolute atomic E-state index is 0. The Kier molecular flexibility index (Phi) is 11.9. The number of aromatic nitrogens is 2. The summed E-state index contributed by atoms with van der Waals surface area (Å²) in [6.07, 6.45) is 5.42. The zero-order valence-corrected chi connectivity index (χ0v) is 57.0. The maximum atomic E-state index is 9.58. The molecule has 0 saturated carbocycles. The third-order valence-corrected chi connectivity index (χ3v) is 19.4. The van der Waals surface area contributed by atoms with Gasteiger partial charge in [-0.2, -0.15) is 6.07 Å². The van der Waals surface area contributed by atoms with Gasteiger partial charge in [0.2, 0.25) is 0 Å². The summed E-state index contributed by atoms with van der Waals surface area (Å²) in [6.45, 7) is 37.0. The molecule has 0 radical (unpaired) electrons. The van der Waals surface area contributed by atoms with E-state index in [0.29, 0.717) is 33.6 Å². The van der Waals surface area contributed by atoms with Crippen molar-refractivity contribution in [1.82, 2.24) is 9.55 Å². The van der Waals surface area contributed by atoms with Crippen LogP contribution in [0.5, 0.6) is 11.5 Å². The quantitative estimate of drug-likeness (QED) is 0.142. The summed E-state index contributed by atoms with van der Waals surface area (Å²) >= 11 is 0. The molecular weight excluding hydrogens is 1260 g/mol. The van der Waals surface area contributed by atoms with Crippen LogP contribution in [-0.2, 0) is 59.0 Å². The Morgan fingerprint density at radius 3 is 1.71 bits per heavy atom. The van der Waals surface area contributed by atoms with Crippen LogP contribution in [0.3, 0.4) is 0 Å². The molecule has 0 atom stereocenters. The fraction of sp³-hybridized carbons (Fsp3) is 0.349. The summed E-state index contributed by atoms with van der Waals surface area (Å²) < 4.78 is 119. The number of rotatable bonds is 8. The van der Waals surface area contributed by atoms with Crippen LogP contribution in [0.4, 0.5) is 22.7 Å². The molecule has 5 nitrogen and oxygen atoms in total. The average Bonchev–Trinajstić information content (AvgIpc) is 1.10. The van der Waals surface area contributed by atoms with E-state index in [0.717, 1.165) is 81.6 Å². The number of nitrogens with zero attached hydrogens (tertiary/aromatic N) is 4. The van der Waals surface area contributed by atoms with Crippen LogP contribution in [-0.4, -0.2) is 9.55 Å². The van der Waals surface area contributed by atoms with E-state index in [-0.39, 0.29) is 117 Å². The first-order chi connectivity index (χ1) is 46.3. The van der Waals surface area contributed by atoms with Crippen molar-refractivity contribution in [2.75, 3.05) is 9.80 Å². The number of hydrogen-bond acceptors (Lipinski definition) is 4. The Morgan fingerprint density at radius 1 is 0.539 bits per heavy atom. The van der Waals surface area contributed by atoms with Crippen molar-refractivity contribution in [2.24, 2.45) is 0 Å². The fourth-order valence-corrected chi connectivity index (χ4v) is 13.9. The number of fused-ring (bicyclic) bond motifs is 6. The standard InChI is InChI=1S/C83H89N4O.Pt/c1-52-41-72(84-50-65(52)73-74-66(80(11,12)37-39-82(74,15)16)49-67-75(73)83(17,18)40-38-81(67,13)14)87-68-32-23-22-29-63(68)64-36-35-59(48-71(64)87)88-60-46-57(79(8,9)10)45-58(47-60)85-51-86(70-34-25-24-33-69(70)85)76-61(53-27-20-19-21-28-53)30-26-31-62(76)54-42-55(77(2,3)4)44-56(43-54)78(5,6)7;/h19-36,41-46,49-51H,37-40H2,1-18H3;/q-3;/i1D3,19D,20D,21D,22D,23D,27D,28D,29D,32D;. The third kappa shape index (κ3) is 10.9. The van der Waals surface area contributed by atoms with Gasteiger partial charge in [0.15, 0.2) is 0 Å². The smallest absolute Gasteiger partial charge is 0.135 e. The Labute approximate surface area is 563 Å². The van der Waals surface area contributed by atoms with Gasteiger partial charge in [-0.15, -0.1) is 53.6 Å². The second-order valence-corrected chi connectivity index (χ2v) is 30.7. The maximum Gasteiger partial charge on any atom is 0.135 e. The summed E-state index contributed by atoms with van der Waals surface area (Å²) in [6, 6.07) is 35.4. The van der Waals surface area contributed by atoms with Gasteiger partial charge in [0.05, 0.1) is 12.3 Å². The topological polar surface area (TPSA) is 33.5 Å². The normalized spacial score (nSPS) is 18.7. The first-order valence-electron chi connectivity index (χ1n) is 37.2. The fourth-order valence-electron chi connectivity index (χ4n) is 13.9. The second kappa shape index (κ2) is 21.8. The Morgan fingerprint density at radius 2 is 1.10 bits per heavy atom. The summed E-state index contributed by atoms with van der Waals surface area (Å²) in [5, 5.41) is 0.641. The van der Waals surface area contributed by atoms with Gasteiger partial charge < -0.3 is 19.1 Å². The first-order valence-corrected chi connectivity index (χ1v) is 31.2. The first kappa shape index (κ1) is 48.6. The number of pyridine rings is 1. The number of ether oxygens (including phenoxy) is 1. The van der Waals surface area contributed by atoms with Gasteiger partial charge in [-0.1, -0.05) is 226 Å². The summed E-state index contributed by atoms with van der Waals surface area (Å²) in [7, 11) is 0. The number of para-hydroxylation sites is 4. The van der Waals surface area contributed by atoms with Crippen molar-refractivity contribution in [3.05, 3.63) is 221 Å². The summed E-state index contributed by atoms with van der Waals surface area (Å²) in [5.74, 6) is 0.652. The maximum absolute atomic E-state index is 9.58. The van der Waals surface area contributed by atoms with Crippen molar-refractivity contribution in [2.45, 2.75) is 188 Å². The van der Waals surface area contributed by atoms with Crippen molar-refractivity contribution in [3.63, 3.8) is 0 Å². The third-order valence-electron chi connectivity index (χ3n) is 19.4. The molecule has 0 amide bonds. The van der Waals surface area contributed by atoms with E-state index in [9.17, 15) is 9.60 Å². The molecule has 6 heteroatoms. The summed E-state index contributed by atoms with van der Waals surface area (Å²) in [5.41, 5.74) is 12.6. The van der Waals surface area contributed by atoms with Gasteiger partial charge in [-0.25, -0.2) is 4.98 Å². The largest absolute Gasteiger partial charge is 0.509 e. The number of anilines is 4. The molecule has 0 fully saturated rings. The van der Waals surface area contributed by atoms with Crippen LogP contribution < -0.4 is 14.5 Å². The zero-order valence-electron chi connectivity index (χ0n) is 66.7. The van der Waals surface area contributed by atoms with Gasteiger partial charge >= 0.3 is 0 Å². The molecular formula is C83H89N4OPt-3. The molecule has 89 heavy (non-hydrogen) atoms. The minimum atomic E-state index is -2.68. The molecule has 0 saturated heterocycles. The molecule has 0 spiro atoms. The molecule has 3 aliphatic rings. The zero-order chi connectivity index (χ0) is 72.7. The van der Waals surface area contributed by atoms with Crippen LogP contribution in [0.15, 0.2) is 158 Å². The van der Waals surface area contributed by atoms with Crippen LogP contribution in [0.1, 0.15) is 204 Å². The van der Waals surface area contributed by atoms with Gasteiger partial charge in [-0.3, -0.25) is 0 Å². The monoisotopic (exact) mass is 1360 g/mol. The van der Waals surface area contributed by atoms with Crippen molar-refractivity contribution in [3.8, 4) is 50.7 Å². The number of benzene rings is 8. The Bertz CT molecular complexity index is 4980. The van der Waals surface area contributed by atoms with E-state index in [1.54, 1.807) is 29.0 Å². The molecule has 8 aromatic carbocycles. The van der Waals surface area contributed by atoms with Gasteiger partial charge in [0.25, 0.3) is 0 Å². The van der Waals surface area contributed by atoms with E-state index in [1.807, 2.05) is 65.0 Å². The molecule has 2 aromatic heterocycles. The van der Waals surface area contributed by atoms with Crippen LogP contribution >= 0.6 is 0 Å². The van der Waals surface area contributed by atoms with Gasteiger partial charge in [0, 0.05) is 82.1 Å². The van der Waals surface area contributed by atoms with Crippen LogP contribution in [0.2, 0.25) is 0 Å². The van der Waals surface area contributed by atoms with E-state index in [2.05, 4.69) is 160 Å². The number of aryl methyl sites for hydroxylation is 1. The molecule has 0 N–H and O–H groups in total. The van der Waals surface area contributed by atoms with Crippen molar-refractivity contribution < 1.29 is 42.3 Å². The SMILES string of the molecule is [2H]c1c([2H])c([2H])c(-c2cccc(-c3cc(C(C)(C)C)cc(C(C)(C)C)c3)c2N2[CH-]N(c3[c-]c(Oc4[c-]c5c(cc4)c4c([2H])c([2H])c([2H])c([2H])c4n5-c4cc(C([2H])([2H])[2H])c(-c5c6c(cc7c5C(C)(C)CCC7(C)C)C(C)(C)CCC6(C)C)cn4)cc(C(C)(C)C)c3)c3ccccc32)c([2H])c1[2H].[Pt]. The number of hydrogen-bond donors (Lipinski definition) is 0. The molecule has 13 rings (SSSR count). The molecule has 2 aliphatic carbocycles. The van der Waals surface area contributed by atoms with E-state index < -0.39 is 42.5 Å². The van der Waals surface area contributed by atoms with Gasteiger partial charge in [0.1, 0.15) is 5.82 Å². The molecule has 460 valence electrons. The van der Waals surface area contributed by atoms with E-state index in [4.69, 9.17) is 16.6 Å². The Balaban J connectivity index is 0.00000965. The molecule has 1 aliphatic heterocycles. The molecule has 3 heterocycles. The van der Waals surface area contributed by atoms with Gasteiger partial charge in [-0.05, 0) is 156 Å². The van der Waals surface area contributed by atoms with E-state index >= 15 is 0 Å². The van der Waals surface area contributed by atoms with E-state index in [1.165, 1.54) is 11.1 Å². The predicted molar refractivity (Wildman–Crippen MR) is 372 cm³/mol. The predicted octanol–water partition coefficient (Wildman–Crippen LogP) is 22.9. The average molecular weight is 1370 g/mol. The van der Waals surface area contributed by atoms with Crippen LogP contribution in [0, 0.1) is 25.7 Å². The molecule has 0 bridgehead atoms. The minimum Gasteiger partial charge on any atom is -0.509 e. The van der Waals surface area contributed by atoms with Crippen molar-refractivity contribution in [1.29, 1.82) is 0 Å². The van der Waals surface area contributed by atoms with Crippen LogP contribution in [0.25, 0.3) is 61.0 Å². The second-order valence-electron chi connectivity index (χ2n) is 30.7. The van der Waals surface area contributed by atoms with Crippen molar-refractivity contribution >= 4 is 44.6 Å². The Hall–Kier alpha value is -7.20. The molecule has 10 aromatic rings.